The summed E-state index contributed by atoms with van der Waals surface area (Å²) in [6.07, 6.45) is 1.59. The van der Waals surface area contributed by atoms with E-state index in [0.717, 1.165) is 12.1 Å². The Hall–Kier alpha value is -1.91. The molecule has 0 radical (unpaired) electrons. The maximum Gasteiger partial charge on any atom is 0.270 e. The molecule has 1 aromatic rings. The highest BCUT2D eigenvalue weighted by Crippen LogP contribution is 2.25. The molecule has 0 spiro atoms. The summed E-state index contributed by atoms with van der Waals surface area (Å²) in [6.45, 7) is 4.09. The van der Waals surface area contributed by atoms with Gasteiger partial charge < -0.3 is 4.90 Å². The summed E-state index contributed by atoms with van der Waals surface area (Å²) in [6, 6.07) is 4.62. The number of aldehydes is 1. The van der Waals surface area contributed by atoms with E-state index >= 15 is 0 Å². The van der Waals surface area contributed by atoms with Crippen LogP contribution in [0.5, 0.6) is 0 Å². The van der Waals surface area contributed by atoms with Gasteiger partial charge >= 0.3 is 0 Å². The molecule has 0 fully saturated rings. The molecule has 0 aliphatic carbocycles. The van der Waals surface area contributed by atoms with Crippen LogP contribution in [0, 0.1) is 10.1 Å². The van der Waals surface area contributed by atoms with Crippen molar-refractivity contribution in [2.75, 3.05) is 11.9 Å². The third kappa shape index (κ3) is 2.81. The number of benzene rings is 1. The van der Waals surface area contributed by atoms with Gasteiger partial charge in [-0.1, -0.05) is 6.92 Å². The molecule has 1 atom stereocenters. The summed E-state index contributed by atoms with van der Waals surface area (Å²) in [4.78, 5) is 23.0. The Balaban J connectivity index is 3.17. The van der Waals surface area contributed by atoms with Crippen molar-refractivity contribution < 1.29 is 9.72 Å². The molecule has 17 heavy (non-hydrogen) atoms. The van der Waals surface area contributed by atoms with Gasteiger partial charge in [-0.05, 0) is 19.4 Å². The van der Waals surface area contributed by atoms with E-state index in [2.05, 4.69) is 0 Å². The normalized spacial score (nSPS) is 11.9. The summed E-state index contributed by atoms with van der Waals surface area (Å²) in [5, 5.41) is 10.6. The lowest BCUT2D eigenvalue weighted by Gasteiger charge is -2.27. The summed E-state index contributed by atoms with van der Waals surface area (Å²) >= 11 is 0. The summed E-state index contributed by atoms with van der Waals surface area (Å²) in [5.74, 6) is 0. The Morgan fingerprint density at radius 1 is 1.53 bits per heavy atom. The summed E-state index contributed by atoms with van der Waals surface area (Å²) in [7, 11) is 1.88. The van der Waals surface area contributed by atoms with E-state index in [9.17, 15) is 14.9 Å². The molecular weight excluding hydrogens is 220 g/mol. The van der Waals surface area contributed by atoms with Crippen LogP contribution in [0.3, 0.4) is 0 Å². The van der Waals surface area contributed by atoms with E-state index < -0.39 is 4.92 Å². The van der Waals surface area contributed by atoms with Crippen LogP contribution >= 0.6 is 0 Å². The number of hydrogen-bond donors (Lipinski definition) is 0. The van der Waals surface area contributed by atoms with Gasteiger partial charge in [-0.25, -0.2) is 0 Å². The highest BCUT2D eigenvalue weighted by molar-refractivity contribution is 5.86. The lowest BCUT2D eigenvalue weighted by molar-refractivity contribution is -0.384. The Morgan fingerprint density at radius 3 is 2.65 bits per heavy atom. The standard InChI is InChI=1S/C12H16N2O3/c1-4-9(2)13(3)12-6-5-11(14(16)17)7-10(12)8-15/h5-9H,4H2,1-3H3. The molecule has 0 bridgehead atoms. The highest BCUT2D eigenvalue weighted by Gasteiger charge is 2.15. The predicted molar refractivity (Wildman–Crippen MR) is 66.6 cm³/mol. The minimum absolute atomic E-state index is 0.0617. The second-order valence-corrected chi connectivity index (χ2v) is 3.99. The molecule has 0 aromatic heterocycles. The number of nitro groups is 1. The molecule has 5 nitrogen and oxygen atoms in total. The number of nitrogens with zero attached hydrogens (tertiary/aromatic N) is 2. The number of anilines is 1. The largest absolute Gasteiger partial charge is 0.371 e. The molecule has 0 saturated heterocycles. The van der Waals surface area contributed by atoms with Gasteiger partial charge in [0.15, 0.2) is 6.29 Å². The van der Waals surface area contributed by atoms with Gasteiger partial charge in [-0.2, -0.15) is 0 Å². The fourth-order valence-electron chi connectivity index (χ4n) is 1.58. The van der Waals surface area contributed by atoms with Gasteiger partial charge in [0.1, 0.15) is 0 Å². The quantitative estimate of drug-likeness (QED) is 0.448. The Morgan fingerprint density at radius 2 is 2.18 bits per heavy atom. The lowest BCUT2D eigenvalue weighted by atomic mass is 10.1. The van der Waals surface area contributed by atoms with Crippen LogP contribution in [-0.4, -0.2) is 24.3 Å². The molecule has 0 aliphatic heterocycles. The van der Waals surface area contributed by atoms with Crippen molar-refractivity contribution in [3.63, 3.8) is 0 Å². The molecule has 0 amide bonds. The van der Waals surface area contributed by atoms with Gasteiger partial charge in [-0.3, -0.25) is 14.9 Å². The first-order valence-electron chi connectivity index (χ1n) is 5.47. The fourth-order valence-corrected chi connectivity index (χ4v) is 1.58. The van der Waals surface area contributed by atoms with Crippen molar-refractivity contribution in [2.24, 2.45) is 0 Å². The predicted octanol–water partition coefficient (Wildman–Crippen LogP) is 2.64. The molecule has 5 heteroatoms. The molecule has 0 heterocycles. The number of hydrogen-bond acceptors (Lipinski definition) is 4. The summed E-state index contributed by atoms with van der Waals surface area (Å²) < 4.78 is 0. The van der Waals surface area contributed by atoms with Crippen LogP contribution in [0.15, 0.2) is 18.2 Å². The third-order valence-electron chi connectivity index (χ3n) is 2.98. The number of nitro benzene ring substituents is 1. The van der Waals surface area contributed by atoms with Crippen molar-refractivity contribution in [2.45, 2.75) is 26.3 Å². The number of carbonyl (C=O) groups is 1. The zero-order valence-corrected chi connectivity index (χ0v) is 10.2. The van der Waals surface area contributed by atoms with E-state index in [1.807, 2.05) is 25.8 Å². The van der Waals surface area contributed by atoms with Crippen LogP contribution in [0.25, 0.3) is 0 Å². The van der Waals surface area contributed by atoms with E-state index in [1.54, 1.807) is 6.07 Å². The highest BCUT2D eigenvalue weighted by atomic mass is 16.6. The van der Waals surface area contributed by atoms with Gasteiger partial charge in [0.25, 0.3) is 5.69 Å². The lowest BCUT2D eigenvalue weighted by Crippen LogP contribution is -2.28. The first kappa shape index (κ1) is 13.2. The average Bonchev–Trinajstić information content (AvgIpc) is 2.35. The number of rotatable bonds is 5. The average molecular weight is 236 g/mol. The molecule has 0 saturated carbocycles. The van der Waals surface area contributed by atoms with E-state index in [0.29, 0.717) is 11.8 Å². The van der Waals surface area contributed by atoms with Crippen LogP contribution < -0.4 is 4.90 Å². The minimum atomic E-state index is -0.500. The SMILES string of the molecule is CCC(C)N(C)c1ccc([N+](=O)[O-])cc1C=O. The van der Waals surface area contributed by atoms with Crippen molar-refractivity contribution >= 4 is 17.7 Å². The third-order valence-corrected chi connectivity index (χ3v) is 2.98. The Kier molecular flexibility index (Phi) is 4.20. The van der Waals surface area contributed by atoms with Crippen molar-refractivity contribution in [1.82, 2.24) is 0 Å². The van der Waals surface area contributed by atoms with Crippen LogP contribution in [0.4, 0.5) is 11.4 Å². The van der Waals surface area contributed by atoms with Gasteiger partial charge in [0.05, 0.1) is 4.92 Å². The second kappa shape index (κ2) is 5.43. The summed E-state index contributed by atoms with van der Waals surface area (Å²) in [5.41, 5.74) is 1.01. The first-order chi connectivity index (χ1) is 8.01. The smallest absolute Gasteiger partial charge is 0.270 e. The van der Waals surface area contributed by atoms with Gasteiger partial charge in [-0.15, -0.1) is 0 Å². The van der Waals surface area contributed by atoms with Crippen LogP contribution in [0.1, 0.15) is 30.6 Å². The zero-order chi connectivity index (χ0) is 13.0. The molecule has 0 aliphatic rings. The maximum atomic E-state index is 11.0. The molecule has 1 unspecified atom stereocenters. The van der Waals surface area contributed by atoms with E-state index in [1.165, 1.54) is 12.1 Å². The Labute approximate surface area is 100 Å². The van der Waals surface area contributed by atoms with E-state index in [-0.39, 0.29) is 11.7 Å². The molecule has 1 aromatic carbocycles. The molecule has 0 N–H and O–H groups in total. The maximum absolute atomic E-state index is 11.0. The van der Waals surface area contributed by atoms with Crippen LogP contribution in [0.2, 0.25) is 0 Å². The first-order valence-corrected chi connectivity index (χ1v) is 5.47. The van der Waals surface area contributed by atoms with Crippen molar-refractivity contribution in [1.29, 1.82) is 0 Å². The molecule has 1 rings (SSSR count). The van der Waals surface area contributed by atoms with Gasteiger partial charge in [0, 0.05) is 36.5 Å². The molecule has 92 valence electrons. The second-order valence-electron chi connectivity index (χ2n) is 3.99. The van der Waals surface area contributed by atoms with Crippen molar-refractivity contribution in [3.8, 4) is 0 Å². The van der Waals surface area contributed by atoms with E-state index in [4.69, 9.17) is 0 Å². The topological polar surface area (TPSA) is 63.4 Å². The van der Waals surface area contributed by atoms with Gasteiger partial charge in [0.2, 0.25) is 0 Å². The number of carbonyl (C=O) groups excluding carboxylic acids is 1. The monoisotopic (exact) mass is 236 g/mol. The van der Waals surface area contributed by atoms with Crippen LogP contribution in [-0.2, 0) is 0 Å². The fraction of sp³-hybridized carbons (Fsp3) is 0.417. The minimum Gasteiger partial charge on any atom is -0.371 e. The zero-order valence-electron chi connectivity index (χ0n) is 10.2. The molecular formula is C12H16N2O3. The number of non-ortho nitro benzene ring substituents is 1. The van der Waals surface area contributed by atoms with Crippen molar-refractivity contribution in [3.05, 3.63) is 33.9 Å². The Bertz CT molecular complexity index is 432.